The van der Waals surface area contributed by atoms with Crippen LogP contribution in [0.2, 0.25) is 0 Å². The van der Waals surface area contributed by atoms with Gasteiger partial charge in [0.05, 0.1) is 5.56 Å². The molecular weight excluding hydrogens is 321 g/mol. The topological polar surface area (TPSA) is 91.9 Å². The fourth-order valence-electron chi connectivity index (χ4n) is 2.31. The van der Waals surface area contributed by atoms with Crippen molar-refractivity contribution in [2.75, 3.05) is 11.1 Å². The molecule has 0 bridgehead atoms. The van der Waals surface area contributed by atoms with Gasteiger partial charge in [-0.1, -0.05) is 0 Å². The molecule has 24 heavy (non-hydrogen) atoms. The van der Waals surface area contributed by atoms with Gasteiger partial charge >= 0.3 is 6.18 Å². The van der Waals surface area contributed by atoms with Gasteiger partial charge in [-0.3, -0.25) is 4.79 Å². The average Bonchev–Trinajstić information content (AvgIpc) is 2.45. The minimum absolute atomic E-state index is 0.139. The van der Waals surface area contributed by atoms with E-state index < -0.39 is 11.7 Å². The molecule has 0 atom stereocenters. The van der Waals surface area contributed by atoms with Crippen LogP contribution in [-0.4, -0.2) is 17.1 Å². The number of aryl methyl sites for hydroxylation is 1. The second-order valence-corrected chi connectivity index (χ2v) is 5.23. The monoisotopic (exact) mass is 336 g/mol. The summed E-state index contributed by atoms with van der Waals surface area (Å²) in [4.78, 5) is 15.1. The highest BCUT2D eigenvalue weighted by Crippen LogP contribution is 2.37. The Balaban J connectivity index is 2.65. The maximum Gasteiger partial charge on any atom is 0.416 e. The van der Waals surface area contributed by atoms with E-state index in [4.69, 9.17) is 11.1 Å². The lowest BCUT2D eigenvalue weighted by Gasteiger charge is -2.16. The van der Waals surface area contributed by atoms with E-state index in [0.29, 0.717) is 16.9 Å². The van der Waals surface area contributed by atoms with Crippen molar-refractivity contribution in [2.45, 2.75) is 20.0 Å². The number of hydrogen-bond acceptors (Lipinski definition) is 4. The van der Waals surface area contributed by atoms with Gasteiger partial charge in [-0.15, -0.1) is 0 Å². The number of nitrogens with two attached hydrogens (primary N) is 1. The smallest absolute Gasteiger partial charge is 0.398 e. The molecule has 4 N–H and O–H groups in total. The fraction of sp³-hybridized carbons (Fsp3) is 0.188. The molecule has 1 aromatic carbocycles. The number of rotatable bonds is 3. The second-order valence-electron chi connectivity index (χ2n) is 5.23. The maximum atomic E-state index is 13.0. The van der Waals surface area contributed by atoms with Crippen LogP contribution >= 0.6 is 0 Å². The van der Waals surface area contributed by atoms with E-state index in [1.165, 1.54) is 13.1 Å². The number of nitrogens with zero attached hydrogens (tertiary/aromatic N) is 1. The molecule has 2 aromatic rings. The molecule has 0 radical (unpaired) electrons. The van der Waals surface area contributed by atoms with Gasteiger partial charge in [-0.2, -0.15) is 13.2 Å². The quantitative estimate of drug-likeness (QED) is 0.590. The van der Waals surface area contributed by atoms with Gasteiger partial charge in [0.15, 0.2) is 0 Å². The molecule has 1 aromatic heterocycles. The minimum Gasteiger partial charge on any atom is -0.398 e. The highest BCUT2D eigenvalue weighted by atomic mass is 19.4. The molecule has 0 saturated heterocycles. The first-order valence-electron chi connectivity index (χ1n) is 6.89. The number of nitrogen functional groups attached to an aromatic ring is 1. The zero-order valence-electron chi connectivity index (χ0n) is 13.0. The predicted molar refractivity (Wildman–Crippen MR) is 86.0 cm³/mol. The first-order valence-corrected chi connectivity index (χ1v) is 6.89. The largest absolute Gasteiger partial charge is 0.416 e. The molecule has 8 heteroatoms. The van der Waals surface area contributed by atoms with Crippen LogP contribution in [0.25, 0.3) is 11.1 Å². The lowest BCUT2D eigenvalue weighted by atomic mass is 9.94. The van der Waals surface area contributed by atoms with Crippen molar-refractivity contribution < 1.29 is 18.0 Å². The summed E-state index contributed by atoms with van der Waals surface area (Å²) in [6.45, 7) is 3.00. The average molecular weight is 336 g/mol. The lowest BCUT2D eigenvalue weighted by Crippen LogP contribution is -2.09. The molecule has 0 aliphatic carbocycles. The Kier molecular flexibility index (Phi) is 4.59. The summed E-state index contributed by atoms with van der Waals surface area (Å²) >= 11 is 0. The first kappa shape index (κ1) is 17.5. The third kappa shape index (κ3) is 3.53. The second kappa shape index (κ2) is 6.31. The van der Waals surface area contributed by atoms with Crippen LogP contribution in [-0.2, 0) is 11.0 Å². The van der Waals surface area contributed by atoms with E-state index in [0.717, 1.165) is 18.3 Å². The molecule has 126 valence electrons. The Morgan fingerprint density at radius 3 is 2.46 bits per heavy atom. The summed E-state index contributed by atoms with van der Waals surface area (Å²) < 4.78 is 39.1. The van der Waals surface area contributed by atoms with Crippen LogP contribution in [0, 0.1) is 12.3 Å². The fourth-order valence-corrected chi connectivity index (χ4v) is 2.31. The molecule has 0 aliphatic rings. The van der Waals surface area contributed by atoms with Crippen molar-refractivity contribution in [3.8, 4) is 11.1 Å². The van der Waals surface area contributed by atoms with E-state index in [-0.39, 0.29) is 22.7 Å². The van der Waals surface area contributed by atoms with E-state index in [9.17, 15) is 18.0 Å². The Bertz CT molecular complexity index is 816. The van der Waals surface area contributed by atoms with Crippen molar-refractivity contribution in [3.63, 3.8) is 0 Å². The van der Waals surface area contributed by atoms with Crippen molar-refractivity contribution in [1.82, 2.24) is 4.98 Å². The summed E-state index contributed by atoms with van der Waals surface area (Å²) in [7, 11) is 0. The van der Waals surface area contributed by atoms with E-state index >= 15 is 0 Å². The molecule has 5 nitrogen and oxygen atoms in total. The van der Waals surface area contributed by atoms with Gasteiger partial charge in [-0.25, -0.2) is 4.98 Å². The van der Waals surface area contributed by atoms with Crippen LogP contribution in [0.5, 0.6) is 0 Å². The van der Waals surface area contributed by atoms with Gasteiger partial charge < -0.3 is 16.5 Å². The Hall–Kier alpha value is -2.90. The van der Waals surface area contributed by atoms with Crippen LogP contribution in [0.1, 0.15) is 23.6 Å². The molecule has 1 amide bonds. The zero-order chi connectivity index (χ0) is 18.1. The summed E-state index contributed by atoms with van der Waals surface area (Å²) in [6, 6.07) is 3.29. The minimum atomic E-state index is -4.55. The van der Waals surface area contributed by atoms with Crippen LogP contribution in [0.4, 0.5) is 24.7 Å². The number of hydrogen-bond donors (Lipinski definition) is 3. The number of anilines is 2. The molecule has 0 aliphatic heterocycles. The van der Waals surface area contributed by atoms with E-state index in [2.05, 4.69) is 10.3 Å². The number of carbonyl (C=O) groups excluding carboxylic acids is 1. The Morgan fingerprint density at radius 1 is 1.29 bits per heavy atom. The van der Waals surface area contributed by atoms with Gasteiger partial charge in [0.25, 0.3) is 0 Å². The van der Waals surface area contributed by atoms with Crippen molar-refractivity contribution in [1.29, 1.82) is 5.41 Å². The maximum absolute atomic E-state index is 13.0. The van der Waals surface area contributed by atoms with Crippen LogP contribution in [0.15, 0.2) is 24.4 Å². The summed E-state index contributed by atoms with van der Waals surface area (Å²) in [5, 5.41) is 9.94. The summed E-state index contributed by atoms with van der Waals surface area (Å²) in [5.41, 5.74) is 5.99. The Morgan fingerprint density at radius 2 is 1.96 bits per heavy atom. The summed E-state index contributed by atoms with van der Waals surface area (Å²) in [6.07, 6.45) is -2.30. The van der Waals surface area contributed by atoms with Gasteiger partial charge in [0.1, 0.15) is 5.82 Å². The summed E-state index contributed by atoms with van der Waals surface area (Å²) in [5.74, 6) is -0.0155. The van der Waals surface area contributed by atoms with Crippen molar-refractivity contribution in [3.05, 3.63) is 41.1 Å². The SMILES string of the molecule is CC(=O)Nc1cc(C)c(-c2cc(C(F)(F)F)cc(N)c2C=N)cn1. The van der Waals surface area contributed by atoms with E-state index in [1.54, 1.807) is 13.0 Å². The normalized spacial score (nSPS) is 11.2. The third-order valence-electron chi connectivity index (χ3n) is 3.39. The molecular formula is C16H15F3N4O. The van der Waals surface area contributed by atoms with E-state index in [1.807, 2.05) is 0 Å². The highest BCUT2D eigenvalue weighted by molar-refractivity contribution is 5.96. The first-order chi connectivity index (χ1) is 11.1. The Labute approximate surface area is 136 Å². The van der Waals surface area contributed by atoms with Crippen LogP contribution < -0.4 is 11.1 Å². The predicted octanol–water partition coefficient (Wildman–Crippen LogP) is 3.61. The lowest BCUT2D eigenvalue weighted by molar-refractivity contribution is -0.137. The third-order valence-corrected chi connectivity index (χ3v) is 3.39. The number of halogens is 3. The van der Waals surface area contributed by atoms with Gasteiger partial charge in [0, 0.05) is 36.1 Å². The number of pyridine rings is 1. The van der Waals surface area contributed by atoms with Gasteiger partial charge in [-0.05, 0) is 36.2 Å². The van der Waals surface area contributed by atoms with Gasteiger partial charge in [0.2, 0.25) is 5.91 Å². The number of amides is 1. The van der Waals surface area contributed by atoms with Crippen LogP contribution in [0.3, 0.4) is 0 Å². The standard InChI is InChI=1S/C16H15F3N4O/c1-8-3-15(23-9(2)24)22-7-13(8)11-4-10(16(17,18)19)5-14(21)12(11)6-20/h3-7,20H,21H2,1-2H3,(H,22,23,24). The molecule has 0 fully saturated rings. The molecule has 1 heterocycles. The van der Waals surface area contributed by atoms with Crippen molar-refractivity contribution in [2.24, 2.45) is 0 Å². The number of carbonyl (C=O) groups is 1. The molecule has 2 rings (SSSR count). The molecule has 0 saturated carbocycles. The number of nitrogens with one attached hydrogen (secondary N) is 2. The number of benzene rings is 1. The molecule has 0 spiro atoms. The van der Waals surface area contributed by atoms with Crippen molar-refractivity contribution >= 4 is 23.6 Å². The zero-order valence-corrected chi connectivity index (χ0v) is 13.0. The number of aromatic nitrogens is 1. The highest BCUT2D eigenvalue weighted by Gasteiger charge is 2.32. The molecule has 0 unspecified atom stereocenters. The number of alkyl halides is 3.